The summed E-state index contributed by atoms with van der Waals surface area (Å²) in [4.78, 5) is 27.0. The van der Waals surface area contributed by atoms with Crippen molar-refractivity contribution in [2.45, 2.75) is 23.1 Å². The molecule has 1 aliphatic heterocycles. The molecule has 1 saturated heterocycles. The Morgan fingerprint density at radius 1 is 1.00 bits per heavy atom. The van der Waals surface area contributed by atoms with E-state index in [9.17, 15) is 18.0 Å². The lowest BCUT2D eigenvalue weighted by Gasteiger charge is -2.26. The van der Waals surface area contributed by atoms with Crippen molar-refractivity contribution in [3.63, 3.8) is 0 Å². The molecule has 9 heteroatoms. The highest BCUT2D eigenvalue weighted by Crippen LogP contribution is 2.31. The summed E-state index contributed by atoms with van der Waals surface area (Å²) < 4.78 is 28.1. The van der Waals surface area contributed by atoms with Crippen LogP contribution in [0.1, 0.15) is 12.0 Å². The van der Waals surface area contributed by atoms with Gasteiger partial charge in [-0.05, 0) is 47.7 Å². The van der Waals surface area contributed by atoms with Gasteiger partial charge in [0.15, 0.2) is 0 Å². The number of thiophene rings is 1. The molecule has 3 aromatic rings. The highest BCUT2D eigenvalue weighted by atomic mass is 35.5. The van der Waals surface area contributed by atoms with Crippen LogP contribution in [0.3, 0.4) is 0 Å². The molecule has 0 bridgehead atoms. The number of hydrogen-bond donors (Lipinski definition) is 0. The standard InChI is InChI=1S/C22H19ClN2O4S2/c23-17-8-10-18(11-9-17)25-20(26)15-19(22(25)27)24(13-12-16-5-2-1-3-6-16)31(28,29)21-7-4-14-30-21/h1-11,14,19H,12-13,15H2. The van der Waals surface area contributed by atoms with Gasteiger partial charge >= 0.3 is 0 Å². The maximum atomic E-state index is 13.4. The Labute approximate surface area is 189 Å². The number of carbonyl (C=O) groups is 2. The maximum absolute atomic E-state index is 13.4. The third kappa shape index (κ3) is 4.43. The van der Waals surface area contributed by atoms with Gasteiger partial charge in [0.25, 0.3) is 15.9 Å². The van der Waals surface area contributed by atoms with Gasteiger partial charge in [-0.2, -0.15) is 4.31 Å². The van der Waals surface area contributed by atoms with E-state index in [1.165, 1.54) is 10.4 Å². The number of carbonyl (C=O) groups excluding carboxylic acids is 2. The van der Waals surface area contributed by atoms with Crippen LogP contribution in [0.25, 0.3) is 0 Å². The van der Waals surface area contributed by atoms with Crippen LogP contribution in [0.15, 0.2) is 76.3 Å². The Kier molecular flexibility index (Phi) is 6.24. The summed E-state index contributed by atoms with van der Waals surface area (Å²) >= 11 is 7.00. The van der Waals surface area contributed by atoms with Crippen LogP contribution in [-0.4, -0.2) is 37.1 Å². The van der Waals surface area contributed by atoms with Crippen molar-refractivity contribution in [3.05, 3.63) is 82.7 Å². The fraction of sp³-hybridized carbons (Fsp3) is 0.182. The van der Waals surface area contributed by atoms with E-state index in [0.29, 0.717) is 17.1 Å². The largest absolute Gasteiger partial charge is 0.274 e. The molecule has 0 saturated carbocycles. The average molecular weight is 475 g/mol. The van der Waals surface area contributed by atoms with E-state index in [2.05, 4.69) is 0 Å². The van der Waals surface area contributed by atoms with E-state index in [1.807, 2.05) is 30.3 Å². The average Bonchev–Trinajstić information content (AvgIpc) is 3.39. The molecule has 6 nitrogen and oxygen atoms in total. The Hall–Kier alpha value is -2.52. The minimum Gasteiger partial charge on any atom is -0.274 e. The summed E-state index contributed by atoms with van der Waals surface area (Å²) in [7, 11) is -3.95. The van der Waals surface area contributed by atoms with Crippen molar-refractivity contribution >= 4 is 50.5 Å². The van der Waals surface area contributed by atoms with E-state index in [1.54, 1.807) is 35.7 Å². The van der Waals surface area contributed by atoms with Gasteiger partial charge in [-0.3, -0.25) is 9.59 Å². The summed E-state index contributed by atoms with van der Waals surface area (Å²) in [6.07, 6.45) is 0.214. The third-order valence-electron chi connectivity index (χ3n) is 5.08. The van der Waals surface area contributed by atoms with Gasteiger partial charge in [0, 0.05) is 11.6 Å². The molecule has 160 valence electrons. The molecular weight excluding hydrogens is 456 g/mol. The van der Waals surface area contributed by atoms with Crippen molar-refractivity contribution in [2.24, 2.45) is 0 Å². The van der Waals surface area contributed by atoms with Crippen LogP contribution >= 0.6 is 22.9 Å². The number of benzene rings is 2. The van der Waals surface area contributed by atoms with Gasteiger partial charge in [0.2, 0.25) is 5.91 Å². The van der Waals surface area contributed by atoms with Crippen LogP contribution in [0.2, 0.25) is 5.02 Å². The smallest absolute Gasteiger partial charge is 0.253 e. The molecule has 0 N–H and O–H groups in total. The topological polar surface area (TPSA) is 74.8 Å². The zero-order chi connectivity index (χ0) is 22.0. The molecule has 31 heavy (non-hydrogen) atoms. The second kappa shape index (κ2) is 8.92. The predicted molar refractivity (Wildman–Crippen MR) is 121 cm³/mol. The molecule has 0 aliphatic carbocycles. The van der Waals surface area contributed by atoms with Crippen molar-refractivity contribution in [1.29, 1.82) is 0 Å². The normalized spacial score (nSPS) is 17.0. The number of halogens is 1. The summed E-state index contributed by atoms with van der Waals surface area (Å²) in [6.45, 7) is 0.0857. The van der Waals surface area contributed by atoms with E-state index >= 15 is 0 Å². The third-order valence-corrected chi connectivity index (χ3v) is 8.61. The molecule has 1 fully saturated rings. The molecule has 4 rings (SSSR count). The summed E-state index contributed by atoms with van der Waals surface area (Å²) in [6, 6.07) is 17.8. The van der Waals surface area contributed by atoms with Gasteiger partial charge in [-0.25, -0.2) is 13.3 Å². The first-order valence-electron chi connectivity index (χ1n) is 9.59. The highest BCUT2D eigenvalue weighted by molar-refractivity contribution is 7.91. The lowest BCUT2D eigenvalue weighted by molar-refractivity contribution is -0.122. The Bertz CT molecular complexity index is 1180. The van der Waals surface area contributed by atoms with Gasteiger partial charge in [-0.15, -0.1) is 11.3 Å². The van der Waals surface area contributed by atoms with Crippen LogP contribution in [0, 0.1) is 0 Å². The van der Waals surface area contributed by atoms with E-state index in [4.69, 9.17) is 11.6 Å². The first-order valence-corrected chi connectivity index (χ1v) is 12.3. The minimum atomic E-state index is -3.95. The second-order valence-corrected chi connectivity index (χ2v) is 10.5. The molecule has 2 aromatic carbocycles. The van der Waals surface area contributed by atoms with Crippen molar-refractivity contribution in [1.82, 2.24) is 4.31 Å². The fourth-order valence-corrected chi connectivity index (χ4v) is 6.38. The lowest BCUT2D eigenvalue weighted by Crippen LogP contribution is -2.46. The molecule has 2 heterocycles. The van der Waals surface area contributed by atoms with Gasteiger partial charge in [0.1, 0.15) is 10.3 Å². The molecule has 1 aliphatic rings. The molecule has 1 aromatic heterocycles. The number of sulfonamides is 1. The summed E-state index contributed by atoms with van der Waals surface area (Å²) in [5, 5.41) is 2.15. The molecule has 1 atom stereocenters. The van der Waals surface area contributed by atoms with Crippen molar-refractivity contribution in [3.8, 4) is 0 Å². The maximum Gasteiger partial charge on any atom is 0.253 e. The molecular formula is C22H19ClN2O4S2. The molecule has 1 unspecified atom stereocenters. The Balaban J connectivity index is 1.67. The van der Waals surface area contributed by atoms with Crippen LogP contribution < -0.4 is 4.90 Å². The number of rotatable bonds is 7. The quantitative estimate of drug-likeness (QED) is 0.486. The van der Waals surface area contributed by atoms with Crippen LogP contribution in [0.4, 0.5) is 5.69 Å². The molecule has 0 spiro atoms. The molecule has 0 radical (unpaired) electrons. The number of anilines is 1. The fourth-order valence-electron chi connectivity index (χ4n) is 3.56. The number of nitrogens with zero attached hydrogens (tertiary/aromatic N) is 2. The predicted octanol–water partition coefficient (Wildman–Crippen LogP) is 3.97. The van der Waals surface area contributed by atoms with Gasteiger partial charge < -0.3 is 0 Å². The number of imide groups is 1. The van der Waals surface area contributed by atoms with Gasteiger partial charge in [-0.1, -0.05) is 48.0 Å². The number of hydrogen-bond acceptors (Lipinski definition) is 5. The van der Waals surface area contributed by atoms with Crippen LogP contribution in [0.5, 0.6) is 0 Å². The lowest BCUT2D eigenvalue weighted by atomic mass is 10.1. The number of amides is 2. The van der Waals surface area contributed by atoms with Crippen molar-refractivity contribution in [2.75, 3.05) is 11.4 Å². The summed E-state index contributed by atoms with van der Waals surface area (Å²) in [5.41, 5.74) is 1.32. The first-order chi connectivity index (χ1) is 14.9. The van der Waals surface area contributed by atoms with Crippen LogP contribution in [-0.2, 0) is 26.0 Å². The Morgan fingerprint density at radius 2 is 1.71 bits per heavy atom. The van der Waals surface area contributed by atoms with Crippen molar-refractivity contribution < 1.29 is 18.0 Å². The zero-order valence-electron chi connectivity index (χ0n) is 16.3. The Morgan fingerprint density at radius 3 is 2.35 bits per heavy atom. The summed E-state index contributed by atoms with van der Waals surface area (Å²) in [5.74, 6) is -0.996. The first kappa shape index (κ1) is 21.7. The van der Waals surface area contributed by atoms with E-state index in [-0.39, 0.29) is 17.2 Å². The molecule has 2 amide bonds. The van der Waals surface area contributed by atoms with E-state index in [0.717, 1.165) is 21.8 Å². The van der Waals surface area contributed by atoms with E-state index < -0.39 is 27.9 Å². The highest BCUT2D eigenvalue weighted by Gasteiger charge is 2.47. The zero-order valence-corrected chi connectivity index (χ0v) is 18.7. The SMILES string of the molecule is O=C1CC(N(CCc2ccccc2)S(=O)(=O)c2cccs2)C(=O)N1c1ccc(Cl)cc1. The second-order valence-electron chi connectivity index (χ2n) is 7.05. The monoisotopic (exact) mass is 474 g/mol. The minimum absolute atomic E-state index is 0.0857. The van der Waals surface area contributed by atoms with Gasteiger partial charge in [0.05, 0.1) is 12.1 Å².